The van der Waals surface area contributed by atoms with E-state index in [9.17, 15) is 14.7 Å². The number of amides is 1. The molecule has 9 heteroatoms. The van der Waals surface area contributed by atoms with E-state index in [-0.39, 0.29) is 46.9 Å². The highest BCUT2D eigenvalue weighted by molar-refractivity contribution is 6.46. The molecule has 2 aromatic carbocycles. The molecule has 0 aliphatic carbocycles. The number of halogens is 1. The maximum atomic E-state index is 13.2. The van der Waals surface area contributed by atoms with E-state index in [0.29, 0.717) is 11.3 Å². The first-order valence-corrected chi connectivity index (χ1v) is 11.1. The van der Waals surface area contributed by atoms with Crippen molar-refractivity contribution >= 4 is 29.1 Å². The van der Waals surface area contributed by atoms with Gasteiger partial charge in [-0.05, 0) is 37.6 Å². The molecular formula is C25H28ClNO7. The summed E-state index contributed by atoms with van der Waals surface area (Å²) in [6.45, 7) is 4.16. The van der Waals surface area contributed by atoms with E-state index < -0.39 is 23.5 Å². The van der Waals surface area contributed by atoms with Crippen LogP contribution in [0.25, 0.3) is 5.76 Å². The largest absolute Gasteiger partial charge is 0.507 e. The number of methoxy groups -OCH3 is 3. The number of nitrogens with zero attached hydrogens (tertiary/aromatic N) is 1. The van der Waals surface area contributed by atoms with Crippen molar-refractivity contribution in [2.75, 3.05) is 34.5 Å². The first-order valence-electron chi connectivity index (χ1n) is 10.7. The minimum atomic E-state index is -0.864. The van der Waals surface area contributed by atoms with Gasteiger partial charge in [0.05, 0.1) is 49.1 Å². The van der Waals surface area contributed by atoms with Gasteiger partial charge in [-0.15, -0.1) is 0 Å². The van der Waals surface area contributed by atoms with Gasteiger partial charge in [0, 0.05) is 19.7 Å². The van der Waals surface area contributed by atoms with Gasteiger partial charge in [0.2, 0.25) is 0 Å². The molecule has 1 N–H and O–H groups in total. The lowest BCUT2D eigenvalue weighted by molar-refractivity contribution is -0.140. The van der Waals surface area contributed by atoms with Crippen LogP contribution in [0.1, 0.15) is 31.0 Å². The van der Waals surface area contributed by atoms with Crippen LogP contribution in [0, 0.1) is 0 Å². The molecule has 1 saturated heterocycles. The molecular weight excluding hydrogens is 462 g/mol. The molecule has 0 bridgehead atoms. The quantitative estimate of drug-likeness (QED) is 0.320. The third kappa shape index (κ3) is 4.98. The number of hydrogen-bond acceptors (Lipinski definition) is 7. The summed E-state index contributed by atoms with van der Waals surface area (Å²) >= 11 is 6.20. The van der Waals surface area contributed by atoms with Crippen molar-refractivity contribution in [3.05, 3.63) is 58.1 Å². The summed E-state index contributed by atoms with van der Waals surface area (Å²) in [4.78, 5) is 27.6. The van der Waals surface area contributed by atoms with Crippen molar-refractivity contribution in [3.63, 3.8) is 0 Å². The van der Waals surface area contributed by atoms with Crippen LogP contribution in [-0.4, -0.2) is 62.3 Å². The molecule has 0 saturated carbocycles. The van der Waals surface area contributed by atoms with Crippen LogP contribution in [0.5, 0.6) is 17.2 Å². The van der Waals surface area contributed by atoms with Crippen molar-refractivity contribution in [2.24, 2.45) is 0 Å². The second-order valence-electron chi connectivity index (χ2n) is 7.91. The van der Waals surface area contributed by atoms with Crippen LogP contribution in [0.4, 0.5) is 0 Å². The highest BCUT2D eigenvalue weighted by atomic mass is 35.5. The lowest BCUT2D eigenvalue weighted by Gasteiger charge is -2.25. The average molecular weight is 490 g/mol. The molecule has 0 spiro atoms. The fourth-order valence-electron chi connectivity index (χ4n) is 3.87. The monoisotopic (exact) mass is 489 g/mol. The summed E-state index contributed by atoms with van der Waals surface area (Å²) in [6, 6.07) is 9.17. The van der Waals surface area contributed by atoms with Crippen LogP contribution in [0.15, 0.2) is 42.0 Å². The van der Waals surface area contributed by atoms with Gasteiger partial charge in [0.1, 0.15) is 23.0 Å². The average Bonchev–Trinajstić information content (AvgIpc) is 3.06. The molecule has 0 radical (unpaired) electrons. The molecule has 182 valence electrons. The normalized spacial score (nSPS) is 17.4. The fraction of sp³-hybridized carbons (Fsp3) is 0.360. The smallest absolute Gasteiger partial charge is 0.295 e. The Morgan fingerprint density at radius 2 is 1.79 bits per heavy atom. The van der Waals surface area contributed by atoms with E-state index in [0.717, 1.165) is 0 Å². The van der Waals surface area contributed by atoms with E-state index in [1.165, 1.54) is 38.4 Å². The van der Waals surface area contributed by atoms with Crippen molar-refractivity contribution in [1.82, 2.24) is 4.90 Å². The third-order valence-electron chi connectivity index (χ3n) is 5.35. The molecule has 3 rings (SSSR count). The Morgan fingerprint density at radius 3 is 2.41 bits per heavy atom. The number of aliphatic hydroxyl groups excluding tert-OH is 1. The molecule has 34 heavy (non-hydrogen) atoms. The van der Waals surface area contributed by atoms with Crippen molar-refractivity contribution in [1.29, 1.82) is 0 Å². The number of hydrogen-bond donors (Lipinski definition) is 1. The summed E-state index contributed by atoms with van der Waals surface area (Å²) in [5, 5.41) is 11.6. The van der Waals surface area contributed by atoms with Crippen molar-refractivity contribution < 1.29 is 33.6 Å². The Hall–Kier alpha value is -3.23. The summed E-state index contributed by atoms with van der Waals surface area (Å²) in [6.07, 6.45) is -0.0686. The number of carbonyl (C=O) groups is 2. The zero-order valence-corrected chi connectivity index (χ0v) is 20.5. The summed E-state index contributed by atoms with van der Waals surface area (Å²) < 4.78 is 21.6. The first kappa shape index (κ1) is 25.4. The van der Waals surface area contributed by atoms with Gasteiger partial charge in [0.25, 0.3) is 11.7 Å². The van der Waals surface area contributed by atoms with Gasteiger partial charge in [0.15, 0.2) is 0 Å². The molecule has 1 heterocycles. The highest BCUT2D eigenvalue weighted by Crippen LogP contribution is 2.43. The van der Waals surface area contributed by atoms with Gasteiger partial charge in [-0.1, -0.05) is 23.7 Å². The van der Waals surface area contributed by atoms with Crippen molar-refractivity contribution in [3.8, 4) is 17.2 Å². The summed E-state index contributed by atoms with van der Waals surface area (Å²) in [5.41, 5.74) is 0.702. The van der Waals surface area contributed by atoms with Crippen LogP contribution >= 0.6 is 11.6 Å². The van der Waals surface area contributed by atoms with E-state index >= 15 is 0 Å². The molecule has 2 aromatic rings. The Morgan fingerprint density at radius 1 is 1.09 bits per heavy atom. The molecule has 1 fully saturated rings. The minimum Gasteiger partial charge on any atom is -0.507 e. The SMILES string of the molecule is COCCN1C(=O)C(=O)/C(=C(/O)c2cc(OC)c(Cl)cc2OC)C1c1cccc(OC(C)C)c1. The predicted molar refractivity (Wildman–Crippen MR) is 128 cm³/mol. The number of rotatable bonds is 9. The van der Waals surface area contributed by atoms with Crippen LogP contribution in [0.2, 0.25) is 5.02 Å². The molecule has 1 atom stereocenters. The highest BCUT2D eigenvalue weighted by Gasteiger charge is 2.46. The summed E-state index contributed by atoms with van der Waals surface area (Å²) in [5.74, 6) is -0.868. The Labute approximate surface area is 203 Å². The van der Waals surface area contributed by atoms with E-state index in [1.807, 2.05) is 13.8 Å². The second-order valence-corrected chi connectivity index (χ2v) is 8.32. The molecule has 8 nitrogen and oxygen atoms in total. The molecule has 1 unspecified atom stereocenters. The Bertz CT molecular complexity index is 1110. The zero-order chi connectivity index (χ0) is 25.0. The minimum absolute atomic E-state index is 0.0686. The summed E-state index contributed by atoms with van der Waals surface area (Å²) in [7, 11) is 4.35. The van der Waals surface area contributed by atoms with Crippen LogP contribution in [0.3, 0.4) is 0 Å². The fourth-order valence-corrected chi connectivity index (χ4v) is 4.10. The van der Waals surface area contributed by atoms with E-state index in [2.05, 4.69) is 0 Å². The first-order chi connectivity index (χ1) is 16.2. The van der Waals surface area contributed by atoms with E-state index in [4.69, 9.17) is 30.5 Å². The third-order valence-corrected chi connectivity index (χ3v) is 5.65. The van der Waals surface area contributed by atoms with Gasteiger partial charge in [-0.3, -0.25) is 9.59 Å². The number of ether oxygens (including phenoxy) is 4. The topological polar surface area (TPSA) is 94.5 Å². The molecule has 1 aliphatic heterocycles. The van der Waals surface area contributed by atoms with E-state index in [1.54, 1.807) is 24.3 Å². The molecule has 1 amide bonds. The van der Waals surface area contributed by atoms with Crippen LogP contribution < -0.4 is 14.2 Å². The van der Waals surface area contributed by atoms with Crippen molar-refractivity contribution in [2.45, 2.75) is 26.0 Å². The number of aliphatic hydroxyl groups is 1. The van der Waals surface area contributed by atoms with Gasteiger partial charge >= 0.3 is 0 Å². The number of Topliss-reactive ketones (excluding diaryl/α,β-unsaturated/α-hetero) is 1. The number of likely N-dealkylation sites (tertiary alicyclic amines) is 1. The number of ketones is 1. The maximum absolute atomic E-state index is 13.2. The molecule has 0 aromatic heterocycles. The number of benzene rings is 2. The Balaban J connectivity index is 2.24. The van der Waals surface area contributed by atoms with Crippen LogP contribution in [-0.2, 0) is 14.3 Å². The van der Waals surface area contributed by atoms with Gasteiger partial charge in [-0.25, -0.2) is 0 Å². The predicted octanol–water partition coefficient (Wildman–Crippen LogP) is 4.21. The molecule has 1 aliphatic rings. The zero-order valence-electron chi connectivity index (χ0n) is 19.8. The lowest BCUT2D eigenvalue weighted by Crippen LogP contribution is -2.32. The second kappa shape index (κ2) is 10.8. The van der Waals surface area contributed by atoms with Gasteiger partial charge < -0.3 is 29.0 Å². The number of carbonyl (C=O) groups excluding carboxylic acids is 2. The van der Waals surface area contributed by atoms with Gasteiger partial charge in [-0.2, -0.15) is 0 Å². The standard InChI is InChI=1S/C25H28ClNO7/c1-14(2)34-16-8-6-7-15(11-16)22-21(24(29)25(30)27(22)9-10-31-3)23(28)17-12-20(33-5)18(26)13-19(17)32-4/h6-8,11-14,22,28H,9-10H2,1-5H3/b23-21+. The maximum Gasteiger partial charge on any atom is 0.295 e. The Kier molecular flexibility index (Phi) is 8.06. The lowest BCUT2D eigenvalue weighted by atomic mass is 9.94.